The predicted molar refractivity (Wildman–Crippen MR) is 81.2 cm³/mol. The van der Waals surface area contributed by atoms with E-state index in [0.29, 0.717) is 5.58 Å². The fraction of sp³-hybridized carbons (Fsp3) is 0.167. The highest BCUT2D eigenvalue weighted by Crippen LogP contribution is 2.27. The Bertz CT molecular complexity index is 818. The van der Waals surface area contributed by atoms with E-state index in [9.17, 15) is 9.18 Å². The van der Waals surface area contributed by atoms with Gasteiger partial charge in [0.1, 0.15) is 17.5 Å². The van der Waals surface area contributed by atoms with Gasteiger partial charge >= 0.3 is 5.97 Å². The van der Waals surface area contributed by atoms with E-state index in [2.05, 4.69) is 0 Å². The molecule has 3 rings (SSSR count). The monoisotopic (exact) mass is 298 g/mol. The summed E-state index contributed by atoms with van der Waals surface area (Å²) in [4.78, 5) is 12.3. The Kier molecular flexibility index (Phi) is 3.67. The Labute approximate surface area is 127 Å². The molecule has 0 saturated heterocycles. The lowest BCUT2D eigenvalue weighted by Gasteiger charge is -2.12. The van der Waals surface area contributed by atoms with Crippen LogP contribution in [0.3, 0.4) is 0 Å². The van der Waals surface area contributed by atoms with Gasteiger partial charge in [0, 0.05) is 10.9 Å². The van der Waals surface area contributed by atoms with Crippen molar-refractivity contribution in [3.05, 3.63) is 71.2 Å². The molecule has 112 valence electrons. The molecular weight excluding hydrogens is 283 g/mol. The van der Waals surface area contributed by atoms with Gasteiger partial charge in [0.25, 0.3) is 0 Å². The van der Waals surface area contributed by atoms with Crippen LogP contribution in [0.5, 0.6) is 0 Å². The summed E-state index contributed by atoms with van der Waals surface area (Å²) in [5.74, 6) is -0.643. The van der Waals surface area contributed by atoms with Gasteiger partial charge in [-0.25, -0.2) is 9.18 Å². The average molecular weight is 298 g/mol. The van der Waals surface area contributed by atoms with Crippen molar-refractivity contribution >= 4 is 16.9 Å². The summed E-state index contributed by atoms with van der Waals surface area (Å²) in [6.07, 6.45) is -0.485. The van der Waals surface area contributed by atoms with Crippen molar-refractivity contribution < 1.29 is 18.3 Å². The van der Waals surface area contributed by atoms with E-state index in [1.54, 1.807) is 19.1 Å². The Hall–Kier alpha value is -2.62. The van der Waals surface area contributed by atoms with E-state index in [1.165, 1.54) is 12.1 Å². The first-order valence-corrected chi connectivity index (χ1v) is 7.01. The molecule has 1 atom stereocenters. The maximum Gasteiger partial charge on any atom is 0.375 e. The smallest absolute Gasteiger partial charge is 0.375 e. The summed E-state index contributed by atoms with van der Waals surface area (Å²) < 4.78 is 23.9. The predicted octanol–water partition coefficient (Wildman–Crippen LogP) is 4.80. The maximum absolute atomic E-state index is 12.9. The van der Waals surface area contributed by atoms with Crippen molar-refractivity contribution in [3.63, 3.8) is 0 Å². The molecule has 0 spiro atoms. The molecule has 2 aromatic carbocycles. The van der Waals surface area contributed by atoms with Crippen LogP contribution < -0.4 is 0 Å². The first-order chi connectivity index (χ1) is 10.6. The Morgan fingerprint density at radius 3 is 2.50 bits per heavy atom. The summed E-state index contributed by atoms with van der Waals surface area (Å²) in [6, 6.07) is 13.3. The van der Waals surface area contributed by atoms with Crippen LogP contribution in [0.25, 0.3) is 11.0 Å². The quantitative estimate of drug-likeness (QED) is 0.652. The number of rotatable bonds is 3. The third-order valence-electron chi connectivity index (χ3n) is 3.65. The fourth-order valence-corrected chi connectivity index (χ4v) is 2.38. The van der Waals surface area contributed by atoms with E-state index in [1.807, 2.05) is 31.2 Å². The van der Waals surface area contributed by atoms with Crippen molar-refractivity contribution in [3.8, 4) is 0 Å². The number of esters is 1. The SMILES string of the molecule is Cc1c(C(=O)OC(C)c2ccc(F)cc2)oc2ccccc12. The molecule has 0 N–H and O–H groups in total. The number of carbonyl (C=O) groups is 1. The molecule has 0 aliphatic carbocycles. The van der Waals surface area contributed by atoms with Crippen LogP contribution >= 0.6 is 0 Å². The van der Waals surface area contributed by atoms with Crippen molar-refractivity contribution in [1.29, 1.82) is 0 Å². The van der Waals surface area contributed by atoms with Crippen LogP contribution in [0, 0.1) is 12.7 Å². The van der Waals surface area contributed by atoms with Crippen molar-refractivity contribution in [2.75, 3.05) is 0 Å². The maximum atomic E-state index is 12.9. The molecule has 0 radical (unpaired) electrons. The molecule has 4 heteroatoms. The molecule has 0 amide bonds. The minimum atomic E-state index is -0.523. The van der Waals surface area contributed by atoms with Crippen LogP contribution in [0.15, 0.2) is 52.9 Å². The topological polar surface area (TPSA) is 39.4 Å². The lowest BCUT2D eigenvalue weighted by Crippen LogP contribution is -2.09. The van der Waals surface area contributed by atoms with Gasteiger partial charge < -0.3 is 9.15 Å². The third kappa shape index (κ3) is 2.60. The van der Waals surface area contributed by atoms with E-state index in [4.69, 9.17) is 9.15 Å². The van der Waals surface area contributed by atoms with Crippen molar-refractivity contribution in [2.24, 2.45) is 0 Å². The molecule has 0 saturated carbocycles. The second-order valence-electron chi connectivity index (χ2n) is 5.15. The molecule has 3 nitrogen and oxygen atoms in total. The second-order valence-corrected chi connectivity index (χ2v) is 5.15. The number of furan rings is 1. The first kappa shape index (κ1) is 14.3. The highest BCUT2D eigenvalue weighted by atomic mass is 19.1. The number of hydrogen-bond acceptors (Lipinski definition) is 3. The zero-order chi connectivity index (χ0) is 15.7. The van der Waals surface area contributed by atoms with Crippen LogP contribution in [0.4, 0.5) is 4.39 Å². The van der Waals surface area contributed by atoms with E-state index in [-0.39, 0.29) is 11.6 Å². The number of para-hydroxylation sites is 1. The molecule has 1 aromatic heterocycles. The van der Waals surface area contributed by atoms with E-state index in [0.717, 1.165) is 16.5 Å². The highest BCUT2D eigenvalue weighted by molar-refractivity contribution is 5.95. The van der Waals surface area contributed by atoms with Crippen LogP contribution in [0.2, 0.25) is 0 Å². The largest absolute Gasteiger partial charge is 0.452 e. The molecule has 0 fully saturated rings. The van der Waals surface area contributed by atoms with Gasteiger partial charge in [-0.1, -0.05) is 30.3 Å². The molecule has 1 unspecified atom stereocenters. The summed E-state index contributed by atoms with van der Waals surface area (Å²) in [5, 5.41) is 0.892. The number of fused-ring (bicyclic) bond motifs is 1. The first-order valence-electron chi connectivity index (χ1n) is 7.01. The fourth-order valence-electron chi connectivity index (χ4n) is 2.38. The van der Waals surface area contributed by atoms with Crippen LogP contribution in [0.1, 0.15) is 34.7 Å². The van der Waals surface area contributed by atoms with Gasteiger partial charge in [0.05, 0.1) is 0 Å². The summed E-state index contributed by atoms with van der Waals surface area (Å²) >= 11 is 0. The number of aryl methyl sites for hydroxylation is 1. The number of carbonyl (C=O) groups excluding carboxylic acids is 1. The minimum absolute atomic E-state index is 0.204. The Balaban J connectivity index is 1.84. The van der Waals surface area contributed by atoms with E-state index >= 15 is 0 Å². The van der Waals surface area contributed by atoms with E-state index < -0.39 is 12.1 Å². The molecule has 0 bridgehead atoms. The average Bonchev–Trinajstić information content (AvgIpc) is 2.85. The number of halogens is 1. The van der Waals surface area contributed by atoms with Crippen LogP contribution in [-0.2, 0) is 4.74 Å². The lowest BCUT2D eigenvalue weighted by atomic mass is 10.1. The molecule has 22 heavy (non-hydrogen) atoms. The normalized spacial score (nSPS) is 12.3. The van der Waals surface area contributed by atoms with Gasteiger partial charge in [0.2, 0.25) is 5.76 Å². The number of ether oxygens (including phenoxy) is 1. The molecule has 3 aromatic rings. The van der Waals surface area contributed by atoms with Gasteiger partial charge in [-0.3, -0.25) is 0 Å². The third-order valence-corrected chi connectivity index (χ3v) is 3.65. The lowest BCUT2D eigenvalue weighted by molar-refractivity contribution is 0.0303. The van der Waals surface area contributed by atoms with Crippen LogP contribution in [-0.4, -0.2) is 5.97 Å². The number of benzene rings is 2. The van der Waals surface area contributed by atoms with Gasteiger partial charge in [-0.15, -0.1) is 0 Å². The van der Waals surface area contributed by atoms with Gasteiger partial charge in [-0.2, -0.15) is 0 Å². The van der Waals surface area contributed by atoms with Crippen molar-refractivity contribution in [2.45, 2.75) is 20.0 Å². The summed E-state index contributed by atoms with van der Waals surface area (Å²) in [5.41, 5.74) is 2.14. The zero-order valence-corrected chi connectivity index (χ0v) is 12.3. The Morgan fingerprint density at radius 2 is 1.82 bits per heavy atom. The Morgan fingerprint density at radius 1 is 1.14 bits per heavy atom. The van der Waals surface area contributed by atoms with Gasteiger partial charge in [0.15, 0.2) is 0 Å². The summed E-state index contributed by atoms with van der Waals surface area (Å²) in [6.45, 7) is 3.56. The summed E-state index contributed by atoms with van der Waals surface area (Å²) in [7, 11) is 0. The molecular formula is C18H15FO3. The minimum Gasteiger partial charge on any atom is -0.452 e. The number of hydrogen-bond donors (Lipinski definition) is 0. The highest BCUT2D eigenvalue weighted by Gasteiger charge is 2.21. The second kappa shape index (κ2) is 5.64. The standard InChI is InChI=1S/C18H15FO3/c1-11-15-5-3-4-6-16(15)22-17(11)18(20)21-12(2)13-7-9-14(19)10-8-13/h3-10,12H,1-2H3. The van der Waals surface area contributed by atoms with Gasteiger partial charge in [-0.05, 0) is 37.6 Å². The molecule has 0 aliphatic rings. The zero-order valence-electron chi connectivity index (χ0n) is 12.3. The van der Waals surface area contributed by atoms with Crippen molar-refractivity contribution in [1.82, 2.24) is 0 Å². The molecule has 0 aliphatic heterocycles. The molecule has 1 heterocycles.